The van der Waals surface area contributed by atoms with Crippen LogP contribution in [0.25, 0.3) is 10.8 Å². The molecule has 0 unspecified atom stereocenters. The molecule has 0 fully saturated rings. The molecule has 0 spiro atoms. The molecule has 3 aromatic rings. The molecule has 0 saturated carbocycles. The van der Waals surface area contributed by atoms with Crippen LogP contribution in [-0.4, -0.2) is 40.9 Å². The third-order valence-electron chi connectivity index (χ3n) is 5.44. The summed E-state index contributed by atoms with van der Waals surface area (Å²) in [6, 6.07) is 18.5. The summed E-state index contributed by atoms with van der Waals surface area (Å²) in [7, 11) is 0. The van der Waals surface area contributed by atoms with Crippen molar-refractivity contribution in [2.75, 3.05) is 6.61 Å². The Kier molecular flexibility index (Phi) is 9.56. The Bertz CT molecular complexity index is 1230. The third kappa shape index (κ3) is 6.91. The molecule has 36 heavy (non-hydrogen) atoms. The number of hydrogen-bond donors (Lipinski definition) is 4. The number of ether oxygens (including phenoxy) is 2. The lowest BCUT2D eigenvalue weighted by Crippen LogP contribution is -2.35. The van der Waals surface area contributed by atoms with Gasteiger partial charge in [-0.3, -0.25) is 20.1 Å². The molecule has 0 heterocycles. The number of amides is 3. The number of fused-ring (bicyclic) bond motifs is 1. The van der Waals surface area contributed by atoms with E-state index in [4.69, 9.17) is 14.7 Å². The molecule has 0 aliphatic carbocycles. The van der Waals surface area contributed by atoms with Gasteiger partial charge in [-0.25, -0.2) is 10.3 Å². The number of carbonyl (C=O) groups excluding carboxylic acids is 3. The molecule has 3 rings (SSSR count). The molecule has 9 nitrogen and oxygen atoms in total. The van der Waals surface area contributed by atoms with Crippen molar-refractivity contribution in [1.82, 2.24) is 10.8 Å². The van der Waals surface area contributed by atoms with Crippen LogP contribution >= 0.6 is 0 Å². The Morgan fingerprint density at radius 3 is 2.36 bits per heavy atom. The summed E-state index contributed by atoms with van der Waals surface area (Å²) in [5.74, 6) is -1.21. The minimum atomic E-state index is -0.953. The predicted molar refractivity (Wildman–Crippen MR) is 132 cm³/mol. The lowest BCUT2D eigenvalue weighted by Gasteiger charge is -2.28. The van der Waals surface area contributed by atoms with Gasteiger partial charge in [-0.15, -0.1) is 0 Å². The van der Waals surface area contributed by atoms with E-state index in [1.165, 1.54) is 17.6 Å². The van der Waals surface area contributed by atoms with E-state index in [1.54, 1.807) is 73.7 Å². The van der Waals surface area contributed by atoms with Crippen LogP contribution < -0.4 is 10.8 Å². The zero-order valence-electron chi connectivity index (χ0n) is 19.7. The van der Waals surface area contributed by atoms with Gasteiger partial charge in [0.1, 0.15) is 5.75 Å². The quantitative estimate of drug-likeness (QED) is 0.187. The molecular formula is C27H28N2O7. The molecule has 0 saturated heterocycles. The summed E-state index contributed by atoms with van der Waals surface area (Å²) >= 11 is 0. The van der Waals surface area contributed by atoms with Crippen LogP contribution in [0.2, 0.25) is 0 Å². The number of nitrogens with one attached hydrogen (secondary N) is 2. The number of allylic oxidation sites excluding steroid dienone is 1. The normalized spacial score (nSPS) is 12.7. The van der Waals surface area contributed by atoms with E-state index in [2.05, 4.69) is 5.32 Å². The molecular weight excluding hydrogens is 464 g/mol. The van der Waals surface area contributed by atoms with Gasteiger partial charge in [-0.1, -0.05) is 54.6 Å². The van der Waals surface area contributed by atoms with E-state index in [0.717, 1.165) is 0 Å². The Hall–Kier alpha value is -4.21. The average Bonchev–Trinajstić information content (AvgIpc) is 2.90. The second-order valence-corrected chi connectivity index (χ2v) is 7.82. The predicted octanol–water partition coefficient (Wildman–Crippen LogP) is 4.40. The monoisotopic (exact) mass is 492 g/mol. The summed E-state index contributed by atoms with van der Waals surface area (Å²) in [4.78, 5) is 36.6. The van der Waals surface area contributed by atoms with Crippen molar-refractivity contribution in [1.29, 1.82) is 0 Å². The minimum Gasteiger partial charge on any atom is -0.507 e. The summed E-state index contributed by atoms with van der Waals surface area (Å²) in [6.45, 7) is 2.11. The van der Waals surface area contributed by atoms with Gasteiger partial charge in [-0.2, -0.15) is 0 Å². The number of hydrogen-bond acceptors (Lipinski definition) is 7. The molecule has 0 aliphatic heterocycles. The highest BCUT2D eigenvalue weighted by Crippen LogP contribution is 2.36. The fourth-order valence-electron chi connectivity index (χ4n) is 3.82. The van der Waals surface area contributed by atoms with E-state index in [0.29, 0.717) is 41.3 Å². The average molecular weight is 493 g/mol. The van der Waals surface area contributed by atoms with Crippen LogP contribution in [0.15, 0.2) is 78.9 Å². The summed E-state index contributed by atoms with van der Waals surface area (Å²) in [5, 5.41) is 22.5. The van der Waals surface area contributed by atoms with Crippen LogP contribution in [-0.2, 0) is 14.3 Å². The first-order valence-electron chi connectivity index (χ1n) is 11.4. The van der Waals surface area contributed by atoms with Crippen LogP contribution in [0.5, 0.6) is 5.75 Å². The van der Waals surface area contributed by atoms with Gasteiger partial charge in [-0.05, 0) is 43.4 Å². The standard InChI is InChI=1S/C27H28N2O7/c1-2-35-23(14-8-9-15-24(31)29-34)25(21-16-17-22(30)20-13-7-6-12-19(20)21)36-27(33)28-26(32)18-10-4-3-5-11-18/h3-7,9-13,15-17,23,25,30,34H,2,8,14H2,1H3,(H,29,31)(H,28,32,33)/b15-9+/t23-,25-/m1/s1. The highest BCUT2D eigenvalue weighted by molar-refractivity contribution is 6.03. The van der Waals surface area contributed by atoms with Crippen LogP contribution in [0.3, 0.4) is 0 Å². The number of carbonyl (C=O) groups is 3. The topological polar surface area (TPSA) is 134 Å². The van der Waals surface area contributed by atoms with Gasteiger partial charge in [0.15, 0.2) is 6.10 Å². The van der Waals surface area contributed by atoms with Gasteiger partial charge in [0.05, 0.1) is 6.10 Å². The fourth-order valence-corrected chi connectivity index (χ4v) is 3.82. The maximum Gasteiger partial charge on any atom is 0.414 e. The minimum absolute atomic E-state index is 0.0720. The number of hydroxylamine groups is 1. The second-order valence-electron chi connectivity index (χ2n) is 7.82. The molecule has 3 amide bonds. The number of rotatable bonds is 10. The summed E-state index contributed by atoms with van der Waals surface area (Å²) in [6.07, 6.45) is 0.914. The van der Waals surface area contributed by atoms with Crippen molar-refractivity contribution in [3.8, 4) is 5.75 Å². The Morgan fingerprint density at radius 1 is 0.972 bits per heavy atom. The highest BCUT2D eigenvalue weighted by Gasteiger charge is 2.30. The van der Waals surface area contributed by atoms with Crippen molar-refractivity contribution < 1.29 is 34.2 Å². The number of aromatic hydroxyl groups is 1. The van der Waals surface area contributed by atoms with Crippen molar-refractivity contribution in [2.24, 2.45) is 0 Å². The van der Waals surface area contributed by atoms with E-state index < -0.39 is 30.1 Å². The van der Waals surface area contributed by atoms with Crippen LogP contribution in [0, 0.1) is 0 Å². The lowest BCUT2D eigenvalue weighted by atomic mass is 9.94. The lowest BCUT2D eigenvalue weighted by molar-refractivity contribution is -0.124. The van der Waals surface area contributed by atoms with Crippen molar-refractivity contribution in [2.45, 2.75) is 32.0 Å². The number of phenols is 1. The maximum absolute atomic E-state index is 12.8. The van der Waals surface area contributed by atoms with E-state index in [9.17, 15) is 19.5 Å². The van der Waals surface area contributed by atoms with Gasteiger partial charge < -0.3 is 14.6 Å². The molecule has 9 heteroatoms. The van der Waals surface area contributed by atoms with Gasteiger partial charge in [0, 0.05) is 29.2 Å². The van der Waals surface area contributed by atoms with Gasteiger partial charge in [0.2, 0.25) is 0 Å². The number of phenolic OH excluding ortho intramolecular Hbond substituents is 1. The summed E-state index contributed by atoms with van der Waals surface area (Å²) in [5.41, 5.74) is 2.40. The highest BCUT2D eigenvalue weighted by atomic mass is 16.6. The van der Waals surface area contributed by atoms with Crippen molar-refractivity contribution in [3.05, 3.63) is 90.0 Å². The first-order chi connectivity index (χ1) is 17.4. The van der Waals surface area contributed by atoms with Crippen LogP contribution in [0.1, 0.15) is 41.8 Å². The maximum atomic E-state index is 12.8. The van der Waals surface area contributed by atoms with Gasteiger partial charge in [0.25, 0.3) is 11.8 Å². The van der Waals surface area contributed by atoms with Crippen molar-refractivity contribution in [3.63, 3.8) is 0 Å². The molecule has 4 N–H and O–H groups in total. The van der Waals surface area contributed by atoms with Gasteiger partial charge >= 0.3 is 6.09 Å². The fraction of sp³-hybridized carbons (Fsp3) is 0.222. The van der Waals surface area contributed by atoms with Crippen LogP contribution in [0.4, 0.5) is 4.79 Å². The second kappa shape index (κ2) is 13.0. The zero-order chi connectivity index (χ0) is 25.9. The molecule has 0 bridgehead atoms. The zero-order valence-corrected chi connectivity index (χ0v) is 19.7. The number of alkyl carbamates (subject to hydrolysis) is 1. The Morgan fingerprint density at radius 2 is 1.67 bits per heavy atom. The molecule has 0 radical (unpaired) electrons. The first kappa shape index (κ1) is 26.4. The van der Waals surface area contributed by atoms with E-state index >= 15 is 0 Å². The summed E-state index contributed by atoms with van der Waals surface area (Å²) < 4.78 is 11.7. The molecule has 0 aromatic heterocycles. The Balaban J connectivity index is 1.91. The first-order valence-corrected chi connectivity index (χ1v) is 11.4. The van der Waals surface area contributed by atoms with Crippen molar-refractivity contribution >= 4 is 28.7 Å². The third-order valence-corrected chi connectivity index (χ3v) is 5.44. The molecule has 2 atom stereocenters. The van der Waals surface area contributed by atoms with E-state index in [-0.39, 0.29) is 5.75 Å². The largest absolute Gasteiger partial charge is 0.507 e. The Labute approximate surface area is 208 Å². The molecule has 188 valence electrons. The number of imide groups is 1. The van der Waals surface area contributed by atoms with E-state index in [1.807, 2.05) is 0 Å². The smallest absolute Gasteiger partial charge is 0.414 e. The molecule has 3 aromatic carbocycles. The molecule has 0 aliphatic rings. The SMILES string of the molecule is CCO[C@H](CC/C=C/C(=O)NO)[C@H](OC(=O)NC(=O)c1ccccc1)c1ccc(O)c2ccccc12. The number of benzene rings is 3.